The molecule has 0 heterocycles. The molecule has 0 fully saturated rings. The molecule has 0 unspecified atom stereocenters. The topological polar surface area (TPSA) is 37.3 Å². The van der Waals surface area contributed by atoms with Gasteiger partial charge in [-0.15, -0.1) is 0 Å². The van der Waals surface area contributed by atoms with Crippen molar-refractivity contribution in [3.05, 3.63) is 11.1 Å². The van der Waals surface area contributed by atoms with Crippen LogP contribution in [0.3, 0.4) is 0 Å². The Morgan fingerprint density at radius 3 is 1.80 bits per heavy atom. The summed E-state index contributed by atoms with van der Waals surface area (Å²) in [5, 5.41) is 8.44. The molecule has 0 saturated heterocycles. The number of carbonyl (C=O) groups is 1. The molecular weight excluding hydrogens is 188 g/mol. The quantitative estimate of drug-likeness (QED) is 0.484. The maximum atomic E-state index is 10.2. The van der Waals surface area contributed by atoms with Crippen LogP contribution in [0.5, 0.6) is 0 Å². The van der Waals surface area contributed by atoms with Crippen LogP contribution in [0.15, 0.2) is 11.1 Å². The van der Waals surface area contributed by atoms with Crippen molar-refractivity contribution in [2.75, 3.05) is 0 Å². The molecule has 0 bridgehead atoms. The molecule has 0 radical (unpaired) electrons. The summed E-state index contributed by atoms with van der Waals surface area (Å²) in [5.41, 5.74) is 2.93. The molecule has 1 N–H and O–H groups in total. The van der Waals surface area contributed by atoms with Gasteiger partial charge >= 0.3 is 5.97 Å². The summed E-state index contributed by atoms with van der Waals surface area (Å²) in [7, 11) is 0. The Labute approximate surface area is 93.4 Å². The molecule has 0 aliphatic rings. The molecule has 0 rings (SSSR count). The van der Waals surface area contributed by atoms with Gasteiger partial charge in [-0.25, -0.2) is 0 Å². The average Bonchev–Trinajstić information content (AvgIpc) is 2.15. The second kappa shape index (κ2) is 8.51. The van der Waals surface area contributed by atoms with Gasteiger partial charge in [-0.2, -0.15) is 0 Å². The van der Waals surface area contributed by atoms with E-state index in [0.29, 0.717) is 6.42 Å². The fourth-order valence-corrected chi connectivity index (χ4v) is 1.45. The molecule has 0 aromatic heterocycles. The Balaban J connectivity index is 3.26. The number of hydrogen-bond donors (Lipinski definition) is 1. The smallest absolute Gasteiger partial charge is 0.303 e. The number of aliphatic carboxylic acids is 1. The molecule has 0 aromatic carbocycles. The zero-order chi connectivity index (χ0) is 11.7. The largest absolute Gasteiger partial charge is 0.481 e. The highest BCUT2D eigenvalue weighted by Crippen LogP contribution is 2.13. The van der Waals surface area contributed by atoms with Gasteiger partial charge in [-0.3, -0.25) is 4.79 Å². The van der Waals surface area contributed by atoms with Crippen molar-refractivity contribution in [3.63, 3.8) is 0 Å². The number of unbranched alkanes of at least 4 members (excludes halogenated alkanes) is 4. The second-order valence-corrected chi connectivity index (χ2v) is 4.44. The molecule has 0 atom stereocenters. The molecule has 0 aliphatic carbocycles. The minimum atomic E-state index is -0.671. The van der Waals surface area contributed by atoms with Crippen LogP contribution in [0.4, 0.5) is 0 Å². The summed E-state index contributed by atoms with van der Waals surface area (Å²) in [6.45, 7) is 6.50. The molecule has 0 saturated carbocycles. The van der Waals surface area contributed by atoms with Gasteiger partial charge in [0.1, 0.15) is 0 Å². The number of allylic oxidation sites excluding steroid dienone is 2. The van der Waals surface area contributed by atoms with Crippen molar-refractivity contribution < 1.29 is 9.90 Å². The van der Waals surface area contributed by atoms with E-state index < -0.39 is 5.97 Å². The molecule has 0 amide bonds. The van der Waals surface area contributed by atoms with Crippen molar-refractivity contribution in [3.8, 4) is 0 Å². The molecule has 0 aliphatic heterocycles. The van der Waals surface area contributed by atoms with E-state index in [2.05, 4.69) is 20.8 Å². The van der Waals surface area contributed by atoms with E-state index in [1.54, 1.807) is 0 Å². The molecule has 15 heavy (non-hydrogen) atoms. The zero-order valence-electron chi connectivity index (χ0n) is 10.3. The number of rotatable bonds is 8. The Morgan fingerprint density at radius 1 is 0.867 bits per heavy atom. The van der Waals surface area contributed by atoms with E-state index in [9.17, 15) is 4.79 Å². The normalized spacial score (nSPS) is 10.1. The third-order valence-corrected chi connectivity index (χ3v) is 2.80. The van der Waals surface area contributed by atoms with Crippen LogP contribution in [0.1, 0.15) is 65.7 Å². The van der Waals surface area contributed by atoms with Crippen LogP contribution < -0.4 is 0 Å². The highest BCUT2D eigenvalue weighted by Gasteiger charge is 1.97. The molecule has 2 nitrogen and oxygen atoms in total. The first-order valence-corrected chi connectivity index (χ1v) is 5.88. The predicted molar refractivity (Wildman–Crippen MR) is 64.0 cm³/mol. The summed E-state index contributed by atoms with van der Waals surface area (Å²) in [5.74, 6) is -0.671. The summed E-state index contributed by atoms with van der Waals surface area (Å²) >= 11 is 0. The van der Waals surface area contributed by atoms with Crippen molar-refractivity contribution in [2.24, 2.45) is 0 Å². The average molecular weight is 212 g/mol. The Hall–Kier alpha value is -0.790. The third kappa shape index (κ3) is 9.51. The van der Waals surface area contributed by atoms with Gasteiger partial charge in [0.05, 0.1) is 0 Å². The van der Waals surface area contributed by atoms with E-state index in [1.807, 2.05) is 0 Å². The minimum absolute atomic E-state index is 0.326. The van der Waals surface area contributed by atoms with E-state index >= 15 is 0 Å². The van der Waals surface area contributed by atoms with E-state index in [4.69, 9.17) is 5.11 Å². The van der Waals surface area contributed by atoms with Gasteiger partial charge in [-0.05, 0) is 40.0 Å². The lowest BCUT2D eigenvalue weighted by molar-refractivity contribution is -0.137. The van der Waals surface area contributed by atoms with Crippen LogP contribution in [-0.4, -0.2) is 11.1 Å². The van der Waals surface area contributed by atoms with Crippen LogP contribution in [0, 0.1) is 0 Å². The Morgan fingerprint density at radius 2 is 1.33 bits per heavy atom. The highest BCUT2D eigenvalue weighted by molar-refractivity contribution is 5.66. The van der Waals surface area contributed by atoms with Crippen molar-refractivity contribution in [1.29, 1.82) is 0 Å². The first-order valence-electron chi connectivity index (χ1n) is 5.88. The van der Waals surface area contributed by atoms with E-state index in [-0.39, 0.29) is 0 Å². The van der Waals surface area contributed by atoms with Crippen LogP contribution in [-0.2, 0) is 4.79 Å². The summed E-state index contributed by atoms with van der Waals surface area (Å²) < 4.78 is 0. The fraction of sp³-hybridized carbons (Fsp3) is 0.769. The number of carboxylic acids is 1. The number of hydrogen-bond acceptors (Lipinski definition) is 1. The lowest BCUT2D eigenvalue weighted by Gasteiger charge is -2.03. The van der Waals surface area contributed by atoms with Gasteiger partial charge in [0.15, 0.2) is 0 Å². The SMILES string of the molecule is CC(C)=C(C)CCCCCCCC(=O)O. The molecular formula is C13H24O2. The first-order chi connectivity index (χ1) is 7.04. The van der Waals surface area contributed by atoms with Gasteiger partial charge in [-0.1, -0.05) is 30.4 Å². The lowest BCUT2D eigenvalue weighted by atomic mass is 10.0. The summed E-state index contributed by atoms with van der Waals surface area (Å²) in [6.07, 6.45) is 7.04. The third-order valence-electron chi connectivity index (χ3n) is 2.80. The van der Waals surface area contributed by atoms with Gasteiger partial charge < -0.3 is 5.11 Å². The Kier molecular flexibility index (Phi) is 8.06. The monoisotopic (exact) mass is 212 g/mol. The van der Waals surface area contributed by atoms with Crippen LogP contribution in [0.2, 0.25) is 0 Å². The van der Waals surface area contributed by atoms with E-state index in [0.717, 1.165) is 12.8 Å². The maximum Gasteiger partial charge on any atom is 0.303 e. The molecule has 2 heteroatoms. The Bertz CT molecular complexity index is 213. The molecule has 0 spiro atoms. The van der Waals surface area contributed by atoms with Gasteiger partial charge in [0.2, 0.25) is 0 Å². The minimum Gasteiger partial charge on any atom is -0.481 e. The lowest BCUT2D eigenvalue weighted by Crippen LogP contribution is -1.93. The maximum absolute atomic E-state index is 10.2. The predicted octanol–water partition coefficient (Wildman–Crippen LogP) is 4.16. The highest BCUT2D eigenvalue weighted by atomic mass is 16.4. The first kappa shape index (κ1) is 14.2. The fourth-order valence-electron chi connectivity index (χ4n) is 1.45. The van der Waals surface area contributed by atoms with E-state index in [1.165, 1.54) is 36.8 Å². The van der Waals surface area contributed by atoms with Gasteiger partial charge in [0.25, 0.3) is 0 Å². The molecule has 0 aromatic rings. The zero-order valence-corrected chi connectivity index (χ0v) is 10.3. The number of carboxylic acid groups (broad SMARTS) is 1. The summed E-state index contributed by atoms with van der Waals surface area (Å²) in [6, 6.07) is 0. The second-order valence-electron chi connectivity index (χ2n) is 4.44. The van der Waals surface area contributed by atoms with Gasteiger partial charge in [0, 0.05) is 6.42 Å². The summed E-state index contributed by atoms with van der Waals surface area (Å²) in [4.78, 5) is 10.2. The molecule has 88 valence electrons. The van der Waals surface area contributed by atoms with Crippen molar-refractivity contribution >= 4 is 5.97 Å². The van der Waals surface area contributed by atoms with Crippen molar-refractivity contribution in [2.45, 2.75) is 65.7 Å². The van der Waals surface area contributed by atoms with Crippen LogP contribution in [0.25, 0.3) is 0 Å². The van der Waals surface area contributed by atoms with Crippen molar-refractivity contribution in [1.82, 2.24) is 0 Å². The van der Waals surface area contributed by atoms with Crippen LogP contribution >= 0.6 is 0 Å². The standard InChI is InChI=1S/C13H24O2/c1-11(2)12(3)9-7-5-4-6-8-10-13(14)15/h4-10H2,1-3H3,(H,14,15).